The largest absolute Gasteiger partial charge is 0.342 e. The molecule has 0 bridgehead atoms. The monoisotopic (exact) mass is 320 g/mol. The van der Waals surface area contributed by atoms with Gasteiger partial charge >= 0.3 is 0 Å². The van der Waals surface area contributed by atoms with Gasteiger partial charge in [-0.15, -0.1) is 0 Å². The molecule has 0 aliphatic heterocycles. The minimum Gasteiger partial charge on any atom is -0.342 e. The number of nitrogens with one attached hydrogen (secondary N) is 3. The maximum atomic E-state index is 12.7. The van der Waals surface area contributed by atoms with Gasteiger partial charge in [0.1, 0.15) is 16.9 Å². The summed E-state index contributed by atoms with van der Waals surface area (Å²) >= 11 is 0. The van der Waals surface area contributed by atoms with E-state index in [2.05, 4.69) is 30.7 Å². The summed E-state index contributed by atoms with van der Waals surface area (Å²) in [5, 5.41) is 13.7. The summed E-state index contributed by atoms with van der Waals surface area (Å²) in [4.78, 5) is 20.5. The zero-order chi connectivity index (χ0) is 16.5. The summed E-state index contributed by atoms with van der Waals surface area (Å²) in [6, 6.07) is 13.0. The van der Waals surface area contributed by atoms with Crippen LogP contribution < -0.4 is 5.32 Å². The predicted molar refractivity (Wildman–Crippen MR) is 90.5 cm³/mol. The van der Waals surface area contributed by atoms with Gasteiger partial charge in [-0.3, -0.25) is 4.79 Å². The number of aromatic amines is 2. The Balaban J connectivity index is 1.64. The summed E-state index contributed by atoms with van der Waals surface area (Å²) in [7, 11) is 0. The van der Waals surface area contributed by atoms with Crippen molar-refractivity contribution < 1.29 is 4.79 Å². The fourth-order valence-electron chi connectivity index (χ4n) is 2.79. The highest BCUT2D eigenvalue weighted by Gasteiger charge is 2.19. The minimum absolute atomic E-state index is 0.193. The number of H-pyrrole nitrogens is 2. The molecule has 0 saturated carbocycles. The highest BCUT2D eigenvalue weighted by molar-refractivity contribution is 6.04. The lowest BCUT2D eigenvalue weighted by molar-refractivity contribution is 0.0935. The van der Waals surface area contributed by atoms with Crippen molar-refractivity contribution in [2.45, 2.75) is 19.4 Å². The van der Waals surface area contributed by atoms with E-state index in [-0.39, 0.29) is 11.9 Å². The highest BCUT2D eigenvalue weighted by atomic mass is 16.1. The van der Waals surface area contributed by atoms with Crippen molar-refractivity contribution in [3.05, 3.63) is 53.9 Å². The Morgan fingerprint density at radius 1 is 1.12 bits per heavy atom. The van der Waals surface area contributed by atoms with E-state index >= 15 is 0 Å². The number of carbonyl (C=O) groups is 1. The van der Waals surface area contributed by atoms with Crippen LogP contribution >= 0.6 is 0 Å². The molecule has 7 heteroatoms. The van der Waals surface area contributed by atoms with Crippen LogP contribution in [0.5, 0.6) is 0 Å². The molecule has 4 aromatic rings. The molecular weight excluding hydrogens is 304 g/mol. The molecule has 1 amide bonds. The average molecular weight is 320 g/mol. The van der Waals surface area contributed by atoms with Gasteiger partial charge in [-0.05, 0) is 30.7 Å². The van der Waals surface area contributed by atoms with Gasteiger partial charge in [0.15, 0.2) is 0 Å². The van der Waals surface area contributed by atoms with Gasteiger partial charge in [0.2, 0.25) is 0 Å². The molecule has 1 atom stereocenters. The number of imidazole rings is 1. The lowest BCUT2D eigenvalue weighted by atomic mass is 10.1. The zero-order valence-electron chi connectivity index (χ0n) is 13.1. The lowest BCUT2D eigenvalue weighted by Crippen LogP contribution is -2.29. The van der Waals surface area contributed by atoms with Crippen molar-refractivity contribution in [3.63, 3.8) is 0 Å². The molecule has 120 valence electrons. The molecule has 0 spiro atoms. The maximum Gasteiger partial charge on any atom is 0.254 e. The van der Waals surface area contributed by atoms with Crippen molar-refractivity contribution >= 4 is 28.0 Å². The molecule has 2 heterocycles. The number of rotatable bonds is 4. The number of fused-ring (bicyclic) bond motifs is 2. The van der Waals surface area contributed by atoms with Crippen molar-refractivity contribution in [2.75, 3.05) is 0 Å². The molecule has 0 radical (unpaired) electrons. The molecule has 0 aliphatic carbocycles. The topological polar surface area (TPSA) is 99.3 Å². The van der Waals surface area contributed by atoms with Gasteiger partial charge in [-0.25, -0.2) is 4.98 Å². The fraction of sp³-hybridized carbons (Fsp3) is 0.176. The Morgan fingerprint density at radius 3 is 2.79 bits per heavy atom. The first-order valence-corrected chi connectivity index (χ1v) is 7.81. The predicted octanol–water partition coefficient (Wildman–Crippen LogP) is 2.72. The van der Waals surface area contributed by atoms with E-state index in [0.29, 0.717) is 16.6 Å². The Kier molecular flexibility index (Phi) is 3.45. The summed E-state index contributed by atoms with van der Waals surface area (Å²) in [6.45, 7) is 2.01. The molecule has 7 nitrogen and oxygen atoms in total. The standard InChI is InChI=1S/C17H16N6O/c1-2-11(16-18-12-7-3-4-8-13(12)19-16)20-17(24)10-6-5-9-14-15(10)22-23-21-14/h3-9,11H,2H2,1H3,(H,18,19)(H,20,24)(H,21,22,23). The highest BCUT2D eigenvalue weighted by Crippen LogP contribution is 2.20. The molecule has 2 aromatic heterocycles. The molecule has 24 heavy (non-hydrogen) atoms. The number of para-hydroxylation sites is 3. The van der Waals surface area contributed by atoms with E-state index in [1.807, 2.05) is 37.3 Å². The van der Waals surface area contributed by atoms with E-state index < -0.39 is 0 Å². The molecule has 0 fully saturated rings. The van der Waals surface area contributed by atoms with Gasteiger partial charge in [0.05, 0.1) is 22.6 Å². The molecule has 3 N–H and O–H groups in total. The van der Waals surface area contributed by atoms with E-state index in [1.165, 1.54) is 0 Å². The number of carbonyl (C=O) groups excluding carboxylic acids is 1. The maximum absolute atomic E-state index is 12.7. The van der Waals surface area contributed by atoms with Crippen LogP contribution in [0.1, 0.15) is 35.6 Å². The van der Waals surface area contributed by atoms with Crippen LogP contribution in [0, 0.1) is 0 Å². The number of aromatic nitrogens is 5. The van der Waals surface area contributed by atoms with E-state index in [4.69, 9.17) is 0 Å². The fourth-order valence-corrected chi connectivity index (χ4v) is 2.79. The molecule has 1 unspecified atom stereocenters. The van der Waals surface area contributed by atoms with E-state index in [1.54, 1.807) is 12.1 Å². The quantitative estimate of drug-likeness (QED) is 0.538. The average Bonchev–Trinajstić information content (AvgIpc) is 3.25. The summed E-state index contributed by atoms with van der Waals surface area (Å²) < 4.78 is 0. The molecule has 4 rings (SSSR count). The summed E-state index contributed by atoms with van der Waals surface area (Å²) in [5.41, 5.74) is 3.57. The lowest BCUT2D eigenvalue weighted by Gasteiger charge is -2.14. The molecule has 0 aliphatic rings. The van der Waals surface area contributed by atoms with Gasteiger partial charge in [0, 0.05) is 0 Å². The summed E-state index contributed by atoms with van der Waals surface area (Å²) in [5.74, 6) is 0.557. The third-order valence-electron chi connectivity index (χ3n) is 4.04. The first kappa shape index (κ1) is 14.4. The number of amides is 1. The van der Waals surface area contributed by atoms with Crippen LogP contribution in [0.25, 0.3) is 22.1 Å². The first-order chi connectivity index (χ1) is 11.8. The van der Waals surface area contributed by atoms with Gasteiger partial charge < -0.3 is 10.3 Å². The Hall–Kier alpha value is -3.22. The third kappa shape index (κ3) is 2.40. The van der Waals surface area contributed by atoms with Crippen LogP contribution in [0.3, 0.4) is 0 Å². The van der Waals surface area contributed by atoms with E-state index in [0.717, 1.165) is 23.3 Å². The van der Waals surface area contributed by atoms with Crippen LogP contribution in [0.4, 0.5) is 0 Å². The van der Waals surface area contributed by atoms with Crippen molar-refractivity contribution in [1.82, 2.24) is 30.7 Å². The van der Waals surface area contributed by atoms with Gasteiger partial charge in [-0.1, -0.05) is 25.1 Å². The zero-order valence-corrected chi connectivity index (χ0v) is 13.1. The second kappa shape index (κ2) is 5.77. The molecule has 2 aromatic carbocycles. The first-order valence-electron chi connectivity index (χ1n) is 7.81. The Morgan fingerprint density at radius 2 is 1.96 bits per heavy atom. The number of hydrogen-bond acceptors (Lipinski definition) is 4. The Bertz CT molecular complexity index is 985. The van der Waals surface area contributed by atoms with Crippen molar-refractivity contribution in [2.24, 2.45) is 0 Å². The number of hydrogen-bond donors (Lipinski definition) is 3. The second-order valence-corrected chi connectivity index (χ2v) is 5.57. The van der Waals surface area contributed by atoms with Crippen molar-refractivity contribution in [1.29, 1.82) is 0 Å². The molecule has 0 saturated heterocycles. The van der Waals surface area contributed by atoms with Gasteiger partial charge in [0.25, 0.3) is 5.91 Å². The van der Waals surface area contributed by atoms with Crippen LogP contribution in [0.15, 0.2) is 42.5 Å². The smallest absolute Gasteiger partial charge is 0.254 e. The normalized spacial score (nSPS) is 12.5. The SMILES string of the molecule is CCC(NC(=O)c1cccc2n[nH]nc12)c1nc2ccccc2[nH]1. The third-order valence-corrected chi connectivity index (χ3v) is 4.04. The van der Waals surface area contributed by atoms with Crippen LogP contribution in [0.2, 0.25) is 0 Å². The van der Waals surface area contributed by atoms with E-state index in [9.17, 15) is 4.79 Å². The Labute approximate surface area is 137 Å². The van der Waals surface area contributed by atoms with Crippen LogP contribution in [-0.4, -0.2) is 31.3 Å². The number of benzene rings is 2. The molecular formula is C17H16N6O. The minimum atomic E-state index is -0.202. The summed E-state index contributed by atoms with van der Waals surface area (Å²) in [6.07, 6.45) is 0.723. The second-order valence-electron chi connectivity index (χ2n) is 5.57. The van der Waals surface area contributed by atoms with Crippen molar-refractivity contribution in [3.8, 4) is 0 Å². The van der Waals surface area contributed by atoms with Crippen LogP contribution in [-0.2, 0) is 0 Å². The van der Waals surface area contributed by atoms with Gasteiger partial charge in [-0.2, -0.15) is 15.4 Å². The number of nitrogens with zero attached hydrogens (tertiary/aromatic N) is 3.